The lowest BCUT2D eigenvalue weighted by atomic mass is 9.98. The molecule has 0 aliphatic carbocycles. The minimum absolute atomic E-state index is 0.0778. The van der Waals surface area contributed by atoms with Gasteiger partial charge in [-0.3, -0.25) is 0 Å². The first kappa shape index (κ1) is 48.2. The number of hydrogen-bond acceptors (Lipinski definition) is 11. The molecule has 0 aromatic heterocycles. The monoisotopic (exact) mass is 846 g/mol. The van der Waals surface area contributed by atoms with Crippen LogP contribution in [0, 0.1) is 0 Å². The minimum atomic E-state index is -2.17. The molecule has 1 N–H and O–H groups in total. The molecule has 0 unspecified atom stereocenters. The lowest BCUT2D eigenvalue weighted by Crippen LogP contribution is -2.68. The third-order valence-corrected chi connectivity index (χ3v) is 14.2. The van der Waals surface area contributed by atoms with Crippen LogP contribution in [-0.2, 0) is 45.2 Å². The van der Waals surface area contributed by atoms with Gasteiger partial charge >= 0.3 is 0 Å². The van der Waals surface area contributed by atoms with Crippen molar-refractivity contribution in [3.05, 3.63) is 0 Å². The smallest absolute Gasteiger partial charge is 0.185 e. The van der Waals surface area contributed by atoms with E-state index in [2.05, 4.69) is 137 Å². The Morgan fingerprint density at radius 1 is 0.373 bits per heavy atom. The summed E-state index contributed by atoms with van der Waals surface area (Å²) in [5, 5.41) is 11.5. The van der Waals surface area contributed by atoms with Gasteiger partial charge in [-0.15, -0.1) is 0 Å². The van der Waals surface area contributed by atoms with Gasteiger partial charge in [0.15, 0.2) is 70.8 Å². The van der Waals surface area contributed by atoms with Gasteiger partial charge in [-0.25, -0.2) is 0 Å². The van der Waals surface area contributed by atoms with Gasteiger partial charge in [-0.1, -0.05) is 0 Å². The molecule has 2 rings (SSSR count). The Bertz CT molecular complexity index is 1070. The second-order valence-electron chi connectivity index (χ2n) is 21.0. The van der Waals surface area contributed by atoms with E-state index in [1.54, 1.807) is 0 Å². The van der Waals surface area contributed by atoms with Crippen LogP contribution >= 0.6 is 0 Å². The number of hydrogen-bond donors (Lipinski definition) is 1. The van der Waals surface area contributed by atoms with E-state index in [9.17, 15) is 5.11 Å². The Hall–Kier alpha value is 1.08. The highest BCUT2D eigenvalue weighted by Gasteiger charge is 2.55. The van der Waals surface area contributed by atoms with Crippen molar-refractivity contribution in [2.45, 2.75) is 199 Å². The molecule has 0 aromatic carbocycles. The largest absolute Gasteiger partial charge is 0.415 e. The van der Waals surface area contributed by atoms with Crippen LogP contribution in [-0.4, -0.2) is 138 Å². The second-order valence-corrected chi connectivity index (χ2v) is 52.3. The molecule has 51 heavy (non-hydrogen) atoms. The fourth-order valence-corrected chi connectivity index (χ4v) is 13.1. The Kier molecular flexibility index (Phi) is 16.7. The first-order valence-corrected chi connectivity index (χ1v) is 42.7. The van der Waals surface area contributed by atoms with Crippen LogP contribution in [0.4, 0.5) is 0 Å². The van der Waals surface area contributed by atoms with Crippen molar-refractivity contribution < 1.29 is 50.3 Å². The second kappa shape index (κ2) is 17.7. The molecule has 2 saturated heterocycles. The molecular weight excluding hydrogens is 769 g/mol. The Labute approximate surface area is 319 Å². The molecule has 304 valence electrons. The van der Waals surface area contributed by atoms with Crippen molar-refractivity contribution in [2.75, 3.05) is 13.2 Å². The summed E-state index contributed by atoms with van der Waals surface area (Å²) in [7, 11) is -14.7. The normalized spacial score (nSPS) is 32.4. The van der Waals surface area contributed by atoms with E-state index in [-0.39, 0.29) is 6.61 Å². The van der Waals surface area contributed by atoms with Crippen molar-refractivity contribution in [3.8, 4) is 0 Å². The van der Waals surface area contributed by atoms with E-state index >= 15 is 0 Å². The van der Waals surface area contributed by atoms with Crippen LogP contribution in [0.3, 0.4) is 0 Å². The topological polar surface area (TPSA) is 113 Å². The van der Waals surface area contributed by atoms with E-state index in [0.29, 0.717) is 6.61 Å². The van der Waals surface area contributed by atoms with E-state index in [1.807, 2.05) is 0 Å². The summed E-state index contributed by atoms with van der Waals surface area (Å²) in [5.74, 6) is 0. The van der Waals surface area contributed by atoms with E-state index in [0.717, 1.165) is 0 Å². The molecule has 0 spiro atoms. The molecular formula is C33H78O11Si7. The van der Waals surface area contributed by atoms with E-state index in [4.69, 9.17) is 45.2 Å². The highest BCUT2D eigenvalue weighted by molar-refractivity contribution is 6.72. The maximum absolute atomic E-state index is 11.5. The molecule has 0 bridgehead atoms. The first-order chi connectivity index (χ1) is 22.5. The summed E-state index contributed by atoms with van der Waals surface area (Å²) >= 11 is 0. The molecule has 18 heteroatoms. The van der Waals surface area contributed by atoms with E-state index < -0.39 is 120 Å². The first-order valence-electron chi connectivity index (χ1n) is 18.8. The number of rotatable bonds is 18. The zero-order chi connectivity index (χ0) is 39.8. The van der Waals surface area contributed by atoms with E-state index in [1.165, 1.54) is 0 Å². The van der Waals surface area contributed by atoms with Gasteiger partial charge in [0.25, 0.3) is 0 Å². The molecule has 11 nitrogen and oxygen atoms in total. The highest BCUT2D eigenvalue weighted by atomic mass is 28.4. The zero-order valence-electron chi connectivity index (χ0n) is 36.2. The Balaban J connectivity index is 2.64. The third-order valence-electron chi connectivity index (χ3n) is 7.24. The van der Waals surface area contributed by atoms with Crippen LogP contribution in [0.15, 0.2) is 0 Å². The van der Waals surface area contributed by atoms with Gasteiger partial charge in [0.2, 0.25) is 0 Å². The van der Waals surface area contributed by atoms with Gasteiger partial charge in [-0.2, -0.15) is 0 Å². The van der Waals surface area contributed by atoms with Gasteiger partial charge in [0.1, 0.15) is 48.8 Å². The Morgan fingerprint density at radius 2 is 0.686 bits per heavy atom. The SMILES string of the molecule is C[Si](C)(C)OC[C@H]1O[C@H](OC[C@H]2O[C@@H](O)[C@H](O[Si](C)(C)C)[C@@H](O[Si](C)(C)C)[C@@H]2O[Si](C)(C)C)[C@H](O[Si](C)(C)C)[C@@H](O[Si](C)(C)C)[C@H]1O[Si](C)(C)C. The molecule has 2 aliphatic rings. The van der Waals surface area contributed by atoms with Crippen LogP contribution < -0.4 is 0 Å². The van der Waals surface area contributed by atoms with Gasteiger partial charge in [0, 0.05) is 0 Å². The molecule has 2 heterocycles. The highest BCUT2D eigenvalue weighted by Crippen LogP contribution is 2.37. The maximum atomic E-state index is 11.5. The summed E-state index contributed by atoms with van der Waals surface area (Å²) < 4.78 is 67.8. The molecule has 0 amide bonds. The minimum Gasteiger partial charge on any atom is -0.415 e. The van der Waals surface area contributed by atoms with Crippen LogP contribution in [0.25, 0.3) is 0 Å². The third kappa shape index (κ3) is 18.3. The predicted octanol–water partition coefficient (Wildman–Crippen LogP) is 7.62. The van der Waals surface area contributed by atoms with Crippen LogP contribution in [0.1, 0.15) is 0 Å². The number of aliphatic hydroxyl groups is 1. The zero-order valence-corrected chi connectivity index (χ0v) is 43.2. The molecule has 2 aliphatic heterocycles. The average Bonchev–Trinajstić information content (AvgIpc) is 2.84. The lowest BCUT2D eigenvalue weighted by Gasteiger charge is -2.52. The van der Waals surface area contributed by atoms with Gasteiger partial charge in [-0.05, 0) is 137 Å². The summed E-state index contributed by atoms with van der Waals surface area (Å²) in [6.07, 6.45) is -6.28. The Morgan fingerprint density at radius 3 is 1.06 bits per heavy atom. The fraction of sp³-hybridized carbons (Fsp3) is 1.00. The predicted molar refractivity (Wildman–Crippen MR) is 224 cm³/mol. The molecule has 2 fully saturated rings. The number of ether oxygens (including phenoxy) is 3. The fourth-order valence-electron chi connectivity index (χ4n) is 5.95. The van der Waals surface area contributed by atoms with Crippen molar-refractivity contribution in [1.82, 2.24) is 0 Å². The van der Waals surface area contributed by atoms with Crippen molar-refractivity contribution >= 4 is 58.2 Å². The standard InChI is InChI=1S/C33H78O11Si7/c1-45(2,3)36-23-25-27(40-47(7,8)9)29(42-49(13,14)15)31(44-51(19,20)21)33(38-25)35-22-24-26(39-46(4,5)6)28(41-48(10,11)12)30(32(34)37-24)43-50(16,17)18/h24-34H,22-23H2,1-21H3/t24-,25-,26-,27+,28+,29+,30-,31-,32-,33+/m1/s1. The van der Waals surface area contributed by atoms with Crippen LogP contribution in [0.5, 0.6) is 0 Å². The number of aliphatic hydroxyl groups excluding tert-OH is 1. The van der Waals surface area contributed by atoms with Crippen LogP contribution in [0.2, 0.25) is 137 Å². The lowest BCUT2D eigenvalue weighted by molar-refractivity contribution is -0.316. The van der Waals surface area contributed by atoms with Gasteiger partial charge < -0.3 is 50.3 Å². The summed E-state index contributed by atoms with van der Waals surface area (Å²) in [5.41, 5.74) is 0. The molecule has 0 radical (unpaired) electrons. The average molecular weight is 848 g/mol. The summed E-state index contributed by atoms with van der Waals surface area (Å²) in [4.78, 5) is 0. The maximum Gasteiger partial charge on any atom is 0.185 e. The van der Waals surface area contributed by atoms with Crippen molar-refractivity contribution in [1.29, 1.82) is 0 Å². The van der Waals surface area contributed by atoms with Gasteiger partial charge in [0.05, 0.1) is 13.2 Å². The summed E-state index contributed by atoms with van der Waals surface area (Å²) in [6.45, 7) is 45.8. The molecule has 0 saturated carbocycles. The molecule has 0 aromatic rings. The van der Waals surface area contributed by atoms with Crippen molar-refractivity contribution in [3.63, 3.8) is 0 Å². The summed E-state index contributed by atoms with van der Waals surface area (Å²) in [6, 6.07) is 0. The van der Waals surface area contributed by atoms with Crippen molar-refractivity contribution in [2.24, 2.45) is 0 Å². The quantitative estimate of drug-likeness (QED) is 0.138. The molecule has 10 atom stereocenters.